The van der Waals surface area contributed by atoms with Gasteiger partial charge in [0.05, 0.1) is 4.92 Å². The molecule has 152 valence electrons. The van der Waals surface area contributed by atoms with Crippen molar-refractivity contribution in [2.45, 2.75) is 6.42 Å². The van der Waals surface area contributed by atoms with E-state index in [9.17, 15) is 19.7 Å². The predicted octanol–water partition coefficient (Wildman–Crippen LogP) is 3.03. The number of amides is 2. The van der Waals surface area contributed by atoms with Gasteiger partial charge in [-0.05, 0) is 36.4 Å². The highest BCUT2D eigenvalue weighted by molar-refractivity contribution is 6.30. The minimum absolute atomic E-state index is 0.0165. The number of rotatable bonds is 6. The molecule has 0 saturated carbocycles. The molecule has 0 radical (unpaired) electrons. The second kappa shape index (κ2) is 9.49. The normalized spacial score (nSPS) is 14.4. The topological polar surface area (TPSA) is 95.8 Å². The second-order valence-corrected chi connectivity index (χ2v) is 7.18. The number of anilines is 1. The van der Waals surface area contributed by atoms with Crippen LogP contribution >= 0.6 is 11.6 Å². The van der Waals surface area contributed by atoms with Crippen molar-refractivity contribution in [3.63, 3.8) is 0 Å². The average molecular weight is 417 g/mol. The summed E-state index contributed by atoms with van der Waals surface area (Å²) in [6, 6.07) is 12.6. The third-order valence-corrected chi connectivity index (χ3v) is 5.02. The van der Waals surface area contributed by atoms with Gasteiger partial charge in [0.25, 0.3) is 11.6 Å². The number of nitrogens with zero attached hydrogens (tertiary/aromatic N) is 3. The van der Waals surface area contributed by atoms with Crippen LogP contribution in [0.5, 0.6) is 0 Å². The summed E-state index contributed by atoms with van der Waals surface area (Å²) < 4.78 is 0. The Hall–Kier alpha value is -2.97. The first-order valence-electron chi connectivity index (χ1n) is 9.24. The van der Waals surface area contributed by atoms with Gasteiger partial charge in [-0.1, -0.05) is 11.6 Å². The van der Waals surface area contributed by atoms with Gasteiger partial charge in [0.2, 0.25) is 5.91 Å². The SMILES string of the molecule is O=C(CCN1CCN(C(=O)c2ccc(Cl)cc2)CC1)Nc1ccc([N+](=O)[O-])cc1. The molecule has 3 rings (SSSR count). The Kier molecular flexibility index (Phi) is 6.79. The summed E-state index contributed by atoms with van der Waals surface area (Å²) in [5.41, 5.74) is 1.12. The largest absolute Gasteiger partial charge is 0.336 e. The number of hydrogen-bond acceptors (Lipinski definition) is 5. The molecule has 8 nitrogen and oxygen atoms in total. The van der Waals surface area contributed by atoms with Crippen LogP contribution in [0.1, 0.15) is 16.8 Å². The Morgan fingerprint density at radius 2 is 1.62 bits per heavy atom. The van der Waals surface area contributed by atoms with Gasteiger partial charge in [0.15, 0.2) is 0 Å². The molecule has 0 aromatic heterocycles. The van der Waals surface area contributed by atoms with Crippen LogP contribution in [0.3, 0.4) is 0 Å². The van der Waals surface area contributed by atoms with E-state index >= 15 is 0 Å². The van der Waals surface area contributed by atoms with Crippen LogP contribution in [0, 0.1) is 10.1 Å². The Morgan fingerprint density at radius 3 is 2.21 bits per heavy atom. The number of non-ortho nitro benzene ring substituents is 1. The van der Waals surface area contributed by atoms with Crippen molar-refractivity contribution in [1.82, 2.24) is 9.80 Å². The lowest BCUT2D eigenvalue weighted by atomic mass is 10.2. The van der Waals surface area contributed by atoms with Gasteiger partial charge in [-0.25, -0.2) is 0 Å². The van der Waals surface area contributed by atoms with Crippen molar-refractivity contribution in [2.75, 3.05) is 38.0 Å². The fourth-order valence-corrected chi connectivity index (χ4v) is 3.23. The lowest BCUT2D eigenvalue weighted by molar-refractivity contribution is -0.384. The molecule has 2 aromatic carbocycles. The molecule has 9 heteroatoms. The zero-order valence-corrected chi connectivity index (χ0v) is 16.5. The molecule has 2 aromatic rings. The highest BCUT2D eigenvalue weighted by Gasteiger charge is 2.22. The fraction of sp³-hybridized carbons (Fsp3) is 0.300. The molecule has 0 atom stereocenters. The first kappa shape index (κ1) is 20.8. The van der Waals surface area contributed by atoms with Crippen LogP contribution in [0.2, 0.25) is 5.02 Å². The molecule has 0 unspecified atom stereocenters. The average Bonchev–Trinajstić information content (AvgIpc) is 2.73. The standard InChI is InChI=1S/C20H21ClN4O4/c21-16-3-1-15(2-4-16)20(27)24-13-11-23(12-14-24)10-9-19(26)22-17-5-7-18(8-6-17)25(28)29/h1-8H,9-14H2,(H,22,26). The van der Waals surface area contributed by atoms with Crippen LogP contribution < -0.4 is 5.32 Å². The zero-order chi connectivity index (χ0) is 20.8. The van der Waals surface area contributed by atoms with Gasteiger partial charge in [-0.2, -0.15) is 0 Å². The molecule has 1 aliphatic heterocycles. The number of carbonyl (C=O) groups excluding carboxylic acids is 2. The van der Waals surface area contributed by atoms with E-state index in [1.807, 2.05) is 0 Å². The van der Waals surface area contributed by atoms with Crippen molar-refractivity contribution in [2.24, 2.45) is 0 Å². The summed E-state index contributed by atoms with van der Waals surface area (Å²) in [5.74, 6) is -0.171. The second-order valence-electron chi connectivity index (χ2n) is 6.74. The van der Waals surface area contributed by atoms with Gasteiger partial charge in [0, 0.05) is 67.6 Å². The third kappa shape index (κ3) is 5.75. The van der Waals surface area contributed by atoms with Crippen molar-refractivity contribution in [1.29, 1.82) is 0 Å². The Morgan fingerprint density at radius 1 is 1.00 bits per heavy atom. The number of piperazine rings is 1. The number of hydrogen-bond donors (Lipinski definition) is 1. The quantitative estimate of drug-likeness (QED) is 0.576. The monoisotopic (exact) mass is 416 g/mol. The summed E-state index contributed by atoms with van der Waals surface area (Å²) in [6.07, 6.45) is 0.308. The lowest BCUT2D eigenvalue weighted by Crippen LogP contribution is -2.49. The smallest absolute Gasteiger partial charge is 0.269 e. The molecule has 1 heterocycles. The molecule has 1 N–H and O–H groups in total. The lowest BCUT2D eigenvalue weighted by Gasteiger charge is -2.34. The van der Waals surface area contributed by atoms with E-state index in [1.165, 1.54) is 24.3 Å². The first-order valence-corrected chi connectivity index (χ1v) is 9.61. The van der Waals surface area contributed by atoms with E-state index in [0.29, 0.717) is 55.4 Å². The van der Waals surface area contributed by atoms with E-state index in [-0.39, 0.29) is 17.5 Å². The van der Waals surface area contributed by atoms with E-state index < -0.39 is 4.92 Å². The van der Waals surface area contributed by atoms with E-state index in [4.69, 9.17) is 11.6 Å². The molecule has 1 fully saturated rings. The van der Waals surface area contributed by atoms with E-state index in [1.54, 1.807) is 29.2 Å². The highest BCUT2D eigenvalue weighted by atomic mass is 35.5. The van der Waals surface area contributed by atoms with Gasteiger partial charge >= 0.3 is 0 Å². The number of halogens is 1. The highest BCUT2D eigenvalue weighted by Crippen LogP contribution is 2.16. The molecule has 0 aliphatic carbocycles. The van der Waals surface area contributed by atoms with Crippen LogP contribution in [-0.4, -0.2) is 59.3 Å². The molecule has 29 heavy (non-hydrogen) atoms. The molecular weight excluding hydrogens is 396 g/mol. The zero-order valence-electron chi connectivity index (χ0n) is 15.7. The summed E-state index contributed by atoms with van der Waals surface area (Å²) in [6.45, 7) is 3.19. The van der Waals surface area contributed by atoms with Crippen molar-refractivity contribution in [3.8, 4) is 0 Å². The Balaban J connectivity index is 1.41. The van der Waals surface area contributed by atoms with Crippen LogP contribution in [-0.2, 0) is 4.79 Å². The Labute approximate surface area is 173 Å². The summed E-state index contributed by atoms with van der Waals surface area (Å²) in [5, 5.41) is 14.0. The third-order valence-electron chi connectivity index (χ3n) is 4.77. The fourth-order valence-electron chi connectivity index (χ4n) is 3.10. The van der Waals surface area contributed by atoms with Crippen LogP contribution in [0.4, 0.5) is 11.4 Å². The van der Waals surface area contributed by atoms with E-state index in [2.05, 4.69) is 10.2 Å². The number of nitrogens with one attached hydrogen (secondary N) is 1. The molecular formula is C20H21ClN4O4. The number of nitro benzene ring substituents is 1. The van der Waals surface area contributed by atoms with Crippen molar-refractivity contribution in [3.05, 3.63) is 69.2 Å². The first-order chi connectivity index (χ1) is 13.9. The van der Waals surface area contributed by atoms with Crippen molar-refractivity contribution < 1.29 is 14.5 Å². The van der Waals surface area contributed by atoms with Gasteiger partial charge in [-0.3, -0.25) is 24.6 Å². The molecule has 2 amide bonds. The van der Waals surface area contributed by atoms with Gasteiger partial charge < -0.3 is 10.2 Å². The maximum absolute atomic E-state index is 12.5. The predicted molar refractivity (Wildman–Crippen MR) is 110 cm³/mol. The maximum atomic E-state index is 12.5. The number of nitro groups is 1. The summed E-state index contributed by atoms with van der Waals surface area (Å²) in [4.78, 5) is 38.7. The summed E-state index contributed by atoms with van der Waals surface area (Å²) in [7, 11) is 0. The minimum Gasteiger partial charge on any atom is -0.336 e. The Bertz CT molecular complexity index is 878. The van der Waals surface area contributed by atoms with Gasteiger partial charge in [-0.15, -0.1) is 0 Å². The molecule has 0 bridgehead atoms. The maximum Gasteiger partial charge on any atom is 0.269 e. The molecule has 0 spiro atoms. The number of carbonyl (C=O) groups is 2. The van der Waals surface area contributed by atoms with Crippen molar-refractivity contribution >= 4 is 34.8 Å². The summed E-state index contributed by atoms with van der Waals surface area (Å²) >= 11 is 5.86. The molecule has 1 saturated heterocycles. The van der Waals surface area contributed by atoms with Crippen LogP contribution in [0.25, 0.3) is 0 Å². The number of benzene rings is 2. The van der Waals surface area contributed by atoms with Crippen LogP contribution in [0.15, 0.2) is 48.5 Å². The molecule has 1 aliphatic rings. The minimum atomic E-state index is -0.483. The van der Waals surface area contributed by atoms with Gasteiger partial charge in [0.1, 0.15) is 0 Å². The van der Waals surface area contributed by atoms with E-state index in [0.717, 1.165) is 0 Å².